The number of methoxy groups -OCH3 is 1. The Labute approximate surface area is 168 Å². The summed E-state index contributed by atoms with van der Waals surface area (Å²) in [6.07, 6.45) is 0.369. The first-order chi connectivity index (χ1) is 13.7. The third kappa shape index (κ3) is 5.87. The summed E-state index contributed by atoms with van der Waals surface area (Å²) in [6, 6.07) is 5.80. The third-order valence-electron chi connectivity index (χ3n) is 4.32. The van der Waals surface area contributed by atoms with E-state index in [-0.39, 0.29) is 12.3 Å². The van der Waals surface area contributed by atoms with Crippen molar-refractivity contribution in [1.29, 1.82) is 0 Å². The smallest absolute Gasteiger partial charge is 0.328 e. The number of hydrogen-bond acceptors (Lipinski definition) is 7. The van der Waals surface area contributed by atoms with Gasteiger partial charge in [-0.2, -0.15) is 0 Å². The van der Waals surface area contributed by atoms with E-state index in [0.717, 1.165) is 4.90 Å². The first-order valence-electron chi connectivity index (χ1n) is 9.18. The Hall–Kier alpha value is -3.23. The van der Waals surface area contributed by atoms with Gasteiger partial charge in [0.25, 0.3) is 11.8 Å². The minimum absolute atomic E-state index is 0.00565. The number of carbonyl (C=O) groups excluding carboxylic acids is 5. The molecule has 0 unspecified atom stereocenters. The van der Waals surface area contributed by atoms with Gasteiger partial charge in [-0.1, -0.05) is 32.0 Å². The van der Waals surface area contributed by atoms with Crippen LogP contribution in [0.2, 0.25) is 0 Å². The molecule has 9 nitrogen and oxygen atoms in total. The Morgan fingerprint density at radius 1 is 1.17 bits per heavy atom. The predicted octanol–water partition coefficient (Wildman–Crippen LogP) is 0.459. The number of nitrogens with one attached hydrogen (secondary N) is 1. The lowest BCUT2D eigenvalue weighted by molar-refractivity contribution is -0.152. The number of rotatable bonds is 8. The van der Waals surface area contributed by atoms with Gasteiger partial charge >= 0.3 is 11.9 Å². The molecule has 156 valence electrons. The van der Waals surface area contributed by atoms with Crippen molar-refractivity contribution in [2.24, 2.45) is 5.92 Å². The number of benzene rings is 1. The molecule has 1 atom stereocenters. The van der Waals surface area contributed by atoms with Crippen LogP contribution in [-0.4, -0.2) is 60.9 Å². The Kier molecular flexibility index (Phi) is 7.46. The maximum atomic E-state index is 12.4. The molecule has 0 saturated heterocycles. The molecule has 0 aliphatic carbocycles. The molecule has 9 heteroatoms. The molecule has 1 heterocycles. The lowest BCUT2D eigenvalue weighted by Gasteiger charge is -2.25. The average molecular weight is 404 g/mol. The van der Waals surface area contributed by atoms with E-state index in [1.54, 1.807) is 24.3 Å². The summed E-state index contributed by atoms with van der Waals surface area (Å²) in [5, 5.41) is 2.45. The van der Waals surface area contributed by atoms with E-state index in [1.165, 1.54) is 7.11 Å². The summed E-state index contributed by atoms with van der Waals surface area (Å²) < 4.78 is 9.51. The number of ether oxygens (including phenoxy) is 2. The van der Waals surface area contributed by atoms with Crippen molar-refractivity contribution in [3.05, 3.63) is 35.4 Å². The maximum Gasteiger partial charge on any atom is 0.328 e. The van der Waals surface area contributed by atoms with Gasteiger partial charge in [-0.3, -0.25) is 24.1 Å². The Balaban J connectivity index is 1.89. The van der Waals surface area contributed by atoms with Crippen LogP contribution in [-0.2, 0) is 35.1 Å². The van der Waals surface area contributed by atoms with Crippen LogP contribution in [0.3, 0.4) is 0 Å². The van der Waals surface area contributed by atoms with Crippen molar-refractivity contribution in [3.8, 4) is 0 Å². The van der Waals surface area contributed by atoms with Crippen LogP contribution in [0.4, 0.5) is 0 Å². The van der Waals surface area contributed by atoms with Gasteiger partial charge in [-0.25, -0.2) is 4.79 Å². The molecule has 1 N–H and O–H groups in total. The van der Waals surface area contributed by atoms with Gasteiger partial charge < -0.3 is 14.8 Å². The SMILES string of the molecule is COC(=O)[C@H](CC(C)C)NC(=O)COC(=O)CN1C(=O)Cc2ccccc2C1=O. The molecular weight excluding hydrogens is 380 g/mol. The molecule has 29 heavy (non-hydrogen) atoms. The third-order valence-corrected chi connectivity index (χ3v) is 4.32. The lowest BCUT2D eigenvalue weighted by atomic mass is 9.98. The molecule has 0 aromatic heterocycles. The molecule has 0 radical (unpaired) electrons. The molecule has 2 rings (SSSR count). The highest BCUT2D eigenvalue weighted by Crippen LogP contribution is 2.19. The fraction of sp³-hybridized carbons (Fsp3) is 0.450. The number of nitrogens with zero attached hydrogens (tertiary/aromatic N) is 1. The van der Waals surface area contributed by atoms with E-state index in [0.29, 0.717) is 17.5 Å². The van der Waals surface area contributed by atoms with Crippen LogP contribution < -0.4 is 5.32 Å². The van der Waals surface area contributed by atoms with Crippen LogP contribution in [0, 0.1) is 5.92 Å². The van der Waals surface area contributed by atoms with Crippen molar-refractivity contribution < 1.29 is 33.4 Å². The highest BCUT2D eigenvalue weighted by molar-refractivity contribution is 6.11. The zero-order valence-corrected chi connectivity index (χ0v) is 16.6. The van der Waals surface area contributed by atoms with Gasteiger partial charge in [0.05, 0.1) is 13.5 Å². The number of carbonyl (C=O) groups is 5. The average Bonchev–Trinajstić information content (AvgIpc) is 2.68. The van der Waals surface area contributed by atoms with Crippen LogP contribution in [0.15, 0.2) is 24.3 Å². The molecule has 0 spiro atoms. The Morgan fingerprint density at radius 2 is 1.86 bits per heavy atom. The van der Waals surface area contributed by atoms with Gasteiger partial charge in [-0.15, -0.1) is 0 Å². The number of fused-ring (bicyclic) bond motifs is 1. The molecule has 1 aromatic carbocycles. The zero-order valence-electron chi connectivity index (χ0n) is 16.6. The van der Waals surface area contributed by atoms with Crippen molar-refractivity contribution in [3.63, 3.8) is 0 Å². The highest BCUT2D eigenvalue weighted by Gasteiger charge is 2.32. The first-order valence-corrected chi connectivity index (χ1v) is 9.18. The van der Waals surface area contributed by atoms with E-state index in [2.05, 4.69) is 10.1 Å². The molecule has 3 amide bonds. The summed E-state index contributed by atoms with van der Waals surface area (Å²) in [6.45, 7) is 2.53. The zero-order chi connectivity index (χ0) is 21.6. The van der Waals surface area contributed by atoms with Gasteiger partial charge in [0, 0.05) is 5.56 Å². The van der Waals surface area contributed by atoms with Gasteiger partial charge in [0.1, 0.15) is 12.6 Å². The molecule has 1 aliphatic rings. The molecule has 0 bridgehead atoms. The quantitative estimate of drug-likeness (QED) is 0.494. The summed E-state index contributed by atoms with van der Waals surface area (Å²) in [4.78, 5) is 61.2. The fourth-order valence-corrected chi connectivity index (χ4v) is 2.94. The number of amides is 3. The second kappa shape index (κ2) is 9.81. The van der Waals surface area contributed by atoms with Crippen LogP contribution in [0.5, 0.6) is 0 Å². The second-order valence-corrected chi connectivity index (χ2v) is 7.05. The summed E-state index contributed by atoms with van der Waals surface area (Å²) in [5.41, 5.74) is 0.956. The van der Waals surface area contributed by atoms with E-state index in [4.69, 9.17) is 4.74 Å². The summed E-state index contributed by atoms with van der Waals surface area (Å²) in [7, 11) is 1.21. The Morgan fingerprint density at radius 3 is 2.52 bits per heavy atom. The van der Waals surface area contributed by atoms with Crippen molar-refractivity contribution >= 4 is 29.7 Å². The van der Waals surface area contributed by atoms with E-state index in [1.807, 2.05) is 13.8 Å². The van der Waals surface area contributed by atoms with E-state index in [9.17, 15) is 24.0 Å². The number of imide groups is 1. The molecule has 1 aliphatic heterocycles. The predicted molar refractivity (Wildman–Crippen MR) is 101 cm³/mol. The highest BCUT2D eigenvalue weighted by atomic mass is 16.5. The number of esters is 2. The summed E-state index contributed by atoms with van der Waals surface area (Å²) in [5.74, 6) is -3.16. The first kappa shape index (κ1) is 22.1. The van der Waals surface area contributed by atoms with Gasteiger partial charge in [0.15, 0.2) is 6.61 Å². The topological polar surface area (TPSA) is 119 Å². The second-order valence-electron chi connectivity index (χ2n) is 7.05. The van der Waals surface area contributed by atoms with Crippen molar-refractivity contribution in [2.45, 2.75) is 32.7 Å². The molecule has 0 fully saturated rings. The lowest BCUT2D eigenvalue weighted by Crippen LogP contribution is -2.46. The van der Waals surface area contributed by atoms with E-state index < -0.39 is 48.9 Å². The van der Waals surface area contributed by atoms with E-state index >= 15 is 0 Å². The minimum atomic E-state index is -0.903. The molecule has 1 aromatic rings. The monoisotopic (exact) mass is 404 g/mol. The largest absolute Gasteiger partial charge is 0.467 e. The minimum Gasteiger partial charge on any atom is -0.467 e. The standard InChI is InChI=1S/C20H24N2O7/c1-12(2)8-15(20(27)28-3)21-16(23)11-29-18(25)10-22-17(24)9-13-6-4-5-7-14(13)19(22)26/h4-7,12,15H,8-11H2,1-3H3,(H,21,23)/t15-/m0/s1. The number of hydrogen-bond donors (Lipinski definition) is 1. The van der Waals surface area contributed by atoms with Gasteiger partial charge in [-0.05, 0) is 24.0 Å². The van der Waals surface area contributed by atoms with Crippen molar-refractivity contribution in [2.75, 3.05) is 20.3 Å². The van der Waals surface area contributed by atoms with Crippen LogP contribution in [0.25, 0.3) is 0 Å². The Bertz CT molecular complexity index is 819. The van der Waals surface area contributed by atoms with Crippen LogP contribution >= 0.6 is 0 Å². The fourth-order valence-electron chi connectivity index (χ4n) is 2.94. The maximum absolute atomic E-state index is 12.4. The van der Waals surface area contributed by atoms with Crippen LogP contribution in [0.1, 0.15) is 36.2 Å². The molecule has 0 saturated carbocycles. The summed E-state index contributed by atoms with van der Waals surface area (Å²) >= 11 is 0. The normalized spacial score (nSPS) is 14.3. The van der Waals surface area contributed by atoms with Gasteiger partial charge in [0.2, 0.25) is 5.91 Å². The van der Waals surface area contributed by atoms with Crippen molar-refractivity contribution in [1.82, 2.24) is 10.2 Å². The molecular formula is C20H24N2O7.